The summed E-state index contributed by atoms with van der Waals surface area (Å²) in [5.74, 6) is 0.418. The smallest absolute Gasteiger partial charge is 0.220 e. The van der Waals surface area contributed by atoms with Gasteiger partial charge >= 0.3 is 0 Å². The zero-order chi connectivity index (χ0) is 14.7. The van der Waals surface area contributed by atoms with E-state index >= 15 is 0 Å². The van der Waals surface area contributed by atoms with Gasteiger partial charge in [-0.05, 0) is 24.1 Å². The summed E-state index contributed by atoms with van der Waals surface area (Å²) in [6, 6.07) is 10.4. The standard InChI is InChI=1S/C17H20N2O2/c1-2-17(20)19-16-11-21-10-13(16)9-12-7-8-18-15-6-4-3-5-14(12)15/h3-8,13,16H,2,9-11H2,1H3,(H,19,20)/t13-,16-/m1/s1. The topological polar surface area (TPSA) is 51.2 Å². The first-order chi connectivity index (χ1) is 10.3. The number of nitrogens with one attached hydrogen (secondary N) is 1. The van der Waals surface area contributed by atoms with E-state index in [2.05, 4.69) is 22.4 Å². The molecule has 2 heterocycles. The highest BCUT2D eigenvalue weighted by Crippen LogP contribution is 2.24. The van der Waals surface area contributed by atoms with E-state index in [0.29, 0.717) is 25.6 Å². The van der Waals surface area contributed by atoms with Crippen LogP contribution in [-0.2, 0) is 16.0 Å². The predicted molar refractivity (Wildman–Crippen MR) is 82.0 cm³/mol. The summed E-state index contributed by atoms with van der Waals surface area (Å²) in [7, 11) is 0. The van der Waals surface area contributed by atoms with E-state index in [1.807, 2.05) is 31.3 Å². The fourth-order valence-electron chi connectivity index (χ4n) is 2.88. The number of amides is 1. The third-order valence-electron chi connectivity index (χ3n) is 4.09. The molecule has 21 heavy (non-hydrogen) atoms. The molecule has 1 aromatic heterocycles. The highest BCUT2D eigenvalue weighted by atomic mass is 16.5. The van der Waals surface area contributed by atoms with Gasteiger partial charge in [-0.2, -0.15) is 0 Å². The molecule has 1 aliphatic rings. The Balaban J connectivity index is 1.79. The second-order valence-electron chi connectivity index (χ2n) is 5.52. The Morgan fingerprint density at radius 2 is 2.19 bits per heavy atom. The van der Waals surface area contributed by atoms with Crippen LogP contribution in [0.3, 0.4) is 0 Å². The van der Waals surface area contributed by atoms with E-state index in [-0.39, 0.29) is 11.9 Å². The van der Waals surface area contributed by atoms with Crippen LogP contribution < -0.4 is 5.32 Å². The van der Waals surface area contributed by atoms with Gasteiger partial charge in [0, 0.05) is 23.9 Å². The number of para-hydroxylation sites is 1. The van der Waals surface area contributed by atoms with Gasteiger partial charge < -0.3 is 10.1 Å². The van der Waals surface area contributed by atoms with Crippen molar-refractivity contribution in [1.29, 1.82) is 0 Å². The quantitative estimate of drug-likeness (QED) is 0.937. The Morgan fingerprint density at radius 1 is 1.33 bits per heavy atom. The summed E-state index contributed by atoms with van der Waals surface area (Å²) in [5.41, 5.74) is 2.29. The van der Waals surface area contributed by atoms with Crippen LogP contribution >= 0.6 is 0 Å². The van der Waals surface area contributed by atoms with Crippen LogP contribution in [0.15, 0.2) is 36.5 Å². The number of ether oxygens (including phenoxy) is 1. The van der Waals surface area contributed by atoms with Crippen LogP contribution in [0.25, 0.3) is 10.9 Å². The lowest BCUT2D eigenvalue weighted by Gasteiger charge is -2.19. The molecule has 1 aliphatic heterocycles. The number of nitrogens with zero attached hydrogens (tertiary/aromatic N) is 1. The van der Waals surface area contributed by atoms with Crippen LogP contribution in [0.5, 0.6) is 0 Å². The molecule has 2 aromatic rings. The summed E-state index contributed by atoms with van der Waals surface area (Å²) in [5, 5.41) is 4.25. The van der Waals surface area contributed by atoms with E-state index in [9.17, 15) is 4.79 Å². The molecule has 110 valence electrons. The minimum Gasteiger partial charge on any atom is -0.379 e. The number of carbonyl (C=O) groups is 1. The average molecular weight is 284 g/mol. The van der Waals surface area contributed by atoms with E-state index in [4.69, 9.17) is 4.74 Å². The first-order valence-electron chi connectivity index (χ1n) is 7.47. The summed E-state index contributed by atoms with van der Waals surface area (Å²) < 4.78 is 5.57. The summed E-state index contributed by atoms with van der Waals surface area (Å²) in [4.78, 5) is 16.0. The fourth-order valence-corrected chi connectivity index (χ4v) is 2.88. The average Bonchev–Trinajstić information content (AvgIpc) is 2.94. The lowest BCUT2D eigenvalue weighted by Crippen LogP contribution is -2.40. The Kier molecular flexibility index (Phi) is 4.15. The molecule has 0 unspecified atom stereocenters. The van der Waals surface area contributed by atoms with Crippen molar-refractivity contribution in [3.05, 3.63) is 42.1 Å². The van der Waals surface area contributed by atoms with Gasteiger partial charge in [0.05, 0.1) is 24.8 Å². The molecule has 1 aromatic carbocycles. The predicted octanol–water partition coefficient (Wildman–Crippen LogP) is 2.32. The lowest BCUT2D eigenvalue weighted by molar-refractivity contribution is -0.121. The van der Waals surface area contributed by atoms with E-state index < -0.39 is 0 Å². The van der Waals surface area contributed by atoms with Gasteiger partial charge in [-0.25, -0.2) is 0 Å². The van der Waals surface area contributed by atoms with Crippen molar-refractivity contribution < 1.29 is 9.53 Å². The number of benzene rings is 1. The number of aromatic nitrogens is 1. The summed E-state index contributed by atoms with van der Waals surface area (Å²) in [6.45, 7) is 3.18. The largest absolute Gasteiger partial charge is 0.379 e. The number of rotatable bonds is 4. The normalized spacial score (nSPS) is 21.6. The SMILES string of the molecule is CCC(=O)N[C@@H]1COC[C@H]1Cc1ccnc2ccccc12. The molecule has 4 nitrogen and oxygen atoms in total. The minimum absolute atomic E-state index is 0.0927. The van der Waals surface area contributed by atoms with E-state index in [1.165, 1.54) is 10.9 Å². The summed E-state index contributed by atoms with van der Waals surface area (Å²) >= 11 is 0. The number of fused-ring (bicyclic) bond motifs is 1. The maximum absolute atomic E-state index is 11.6. The molecule has 1 saturated heterocycles. The Bertz CT molecular complexity index is 636. The third-order valence-corrected chi connectivity index (χ3v) is 4.09. The molecule has 0 saturated carbocycles. The fraction of sp³-hybridized carbons (Fsp3) is 0.412. The second kappa shape index (κ2) is 6.22. The molecular formula is C17H20N2O2. The molecule has 1 N–H and O–H groups in total. The first-order valence-corrected chi connectivity index (χ1v) is 7.47. The third kappa shape index (κ3) is 3.05. The first kappa shape index (κ1) is 14.0. The molecule has 4 heteroatoms. The molecule has 3 rings (SSSR count). The Hall–Kier alpha value is -1.94. The molecule has 0 bridgehead atoms. The minimum atomic E-state index is 0.0927. The second-order valence-corrected chi connectivity index (χ2v) is 5.52. The zero-order valence-electron chi connectivity index (χ0n) is 12.2. The Labute approximate surface area is 124 Å². The number of pyridine rings is 1. The van der Waals surface area contributed by atoms with Crippen molar-refractivity contribution in [2.24, 2.45) is 5.92 Å². The van der Waals surface area contributed by atoms with E-state index in [1.54, 1.807) is 0 Å². The highest BCUT2D eigenvalue weighted by Gasteiger charge is 2.29. The van der Waals surface area contributed by atoms with Gasteiger partial charge in [0.15, 0.2) is 0 Å². The van der Waals surface area contributed by atoms with Crippen molar-refractivity contribution in [2.45, 2.75) is 25.8 Å². The maximum Gasteiger partial charge on any atom is 0.220 e. The summed E-state index contributed by atoms with van der Waals surface area (Å²) in [6.07, 6.45) is 3.27. The molecular weight excluding hydrogens is 264 g/mol. The van der Waals surface area contributed by atoms with Crippen LogP contribution in [0, 0.1) is 5.92 Å². The van der Waals surface area contributed by atoms with Gasteiger partial charge in [-0.3, -0.25) is 9.78 Å². The van der Waals surface area contributed by atoms with Crippen molar-refractivity contribution in [3.8, 4) is 0 Å². The molecule has 0 aliphatic carbocycles. The van der Waals surface area contributed by atoms with E-state index in [0.717, 1.165) is 11.9 Å². The molecule has 1 fully saturated rings. The van der Waals surface area contributed by atoms with Gasteiger partial charge in [-0.1, -0.05) is 25.1 Å². The maximum atomic E-state index is 11.6. The zero-order valence-corrected chi connectivity index (χ0v) is 12.2. The van der Waals surface area contributed by atoms with Crippen LogP contribution in [0.4, 0.5) is 0 Å². The van der Waals surface area contributed by atoms with Crippen LogP contribution in [-0.4, -0.2) is 30.1 Å². The van der Waals surface area contributed by atoms with Crippen molar-refractivity contribution >= 4 is 16.8 Å². The number of hydrogen-bond acceptors (Lipinski definition) is 3. The van der Waals surface area contributed by atoms with Crippen molar-refractivity contribution in [1.82, 2.24) is 10.3 Å². The van der Waals surface area contributed by atoms with Crippen molar-refractivity contribution in [3.63, 3.8) is 0 Å². The highest BCUT2D eigenvalue weighted by molar-refractivity contribution is 5.81. The van der Waals surface area contributed by atoms with Gasteiger partial charge in [0.25, 0.3) is 0 Å². The van der Waals surface area contributed by atoms with Gasteiger partial charge in [-0.15, -0.1) is 0 Å². The number of carbonyl (C=O) groups excluding carboxylic acids is 1. The van der Waals surface area contributed by atoms with Crippen LogP contribution in [0.2, 0.25) is 0 Å². The Morgan fingerprint density at radius 3 is 3.05 bits per heavy atom. The monoisotopic (exact) mass is 284 g/mol. The molecule has 0 spiro atoms. The van der Waals surface area contributed by atoms with Crippen LogP contribution in [0.1, 0.15) is 18.9 Å². The molecule has 2 atom stereocenters. The van der Waals surface area contributed by atoms with Gasteiger partial charge in [0.1, 0.15) is 0 Å². The number of hydrogen-bond donors (Lipinski definition) is 1. The van der Waals surface area contributed by atoms with Crippen molar-refractivity contribution in [2.75, 3.05) is 13.2 Å². The van der Waals surface area contributed by atoms with Gasteiger partial charge in [0.2, 0.25) is 5.91 Å². The molecule has 0 radical (unpaired) electrons. The lowest BCUT2D eigenvalue weighted by atomic mass is 9.93. The molecule has 1 amide bonds.